The lowest BCUT2D eigenvalue weighted by molar-refractivity contribution is 0.0704. The molecule has 0 aliphatic carbocycles. The molecule has 3 heterocycles. The molecule has 0 saturated carbocycles. The average molecular weight is 379 g/mol. The zero-order valence-corrected chi connectivity index (χ0v) is 16.5. The molecular formula is C21H25N5O2. The van der Waals surface area contributed by atoms with Crippen molar-refractivity contribution in [3.63, 3.8) is 0 Å². The van der Waals surface area contributed by atoms with Gasteiger partial charge in [0.05, 0.1) is 5.69 Å². The Balaban J connectivity index is 1.39. The van der Waals surface area contributed by atoms with Crippen LogP contribution >= 0.6 is 0 Å². The molecule has 1 fully saturated rings. The number of carbonyl (C=O) groups is 1. The summed E-state index contributed by atoms with van der Waals surface area (Å²) < 4.78 is 7.49. The highest BCUT2D eigenvalue weighted by atomic mass is 16.5. The number of hydrogen-bond donors (Lipinski definition) is 0. The monoisotopic (exact) mass is 379 g/mol. The van der Waals surface area contributed by atoms with Gasteiger partial charge in [-0.1, -0.05) is 5.16 Å². The van der Waals surface area contributed by atoms with Gasteiger partial charge in [-0.05, 0) is 49.2 Å². The molecule has 28 heavy (non-hydrogen) atoms. The number of aryl methyl sites for hydroxylation is 1. The van der Waals surface area contributed by atoms with Crippen LogP contribution < -0.4 is 4.90 Å². The number of anilines is 1. The van der Waals surface area contributed by atoms with Crippen molar-refractivity contribution in [2.45, 2.75) is 18.8 Å². The molecule has 0 spiro atoms. The summed E-state index contributed by atoms with van der Waals surface area (Å²) in [7, 11) is 5.94. The number of benzene rings is 1. The summed E-state index contributed by atoms with van der Waals surface area (Å²) in [6, 6.07) is 11.7. The van der Waals surface area contributed by atoms with E-state index in [4.69, 9.17) is 4.52 Å². The summed E-state index contributed by atoms with van der Waals surface area (Å²) in [5.74, 6) is 1.56. The summed E-state index contributed by atoms with van der Waals surface area (Å²) in [6.07, 6.45) is 3.62. The fourth-order valence-electron chi connectivity index (χ4n) is 3.61. The minimum absolute atomic E-state index is 0.0822. The van der Waals surface area contributed by atoms with Crippen molar-refractivity contribution >= 4 is 11.6 Å². The molecule has 0 N–H and O–H groups in total. The average Bonchev–Trinajstić information content (AvgIpc) is 3.36. The summed E-state index contributed by atoms with van der Waals surface area (Å²) in [5, 5.41) is 4.13. The van der Waals surface area contributed by atoms with Crippen molar-refractivity contribution in [2.24, 2.45) is 7.05 Å². The van der Waals surface area contributed by atoms with E-state index in [1.165, 1.54) is 0 Å². The van der Waals surface area contributed by atoms with Crippen LogP contribution in [0.1, 0.15) is 35.0 Å². The maximum atomic E-state index is 12.8. The molecule has 7 heteroatoms. The minimum Gasteiger partial charge on any atom is -0.378 e. The molecule has 1 amide bonds. The van der Waals surface area contributed by atoms with Gasteiger partial charge < -0.3 is 18.9 Å². The molecule has 0 unspecified atom stereocenters. The lowest BCUT2D eigenvalue weighted by atomic mass is 9.96. The highest BCUT2D eigenvalue weighted by molar-refractivity contribution is 5.94. The number of amides is 1. The molecule has 0 radical (unpaired) electrons. The van der Waals surface area contributed by atoms with Gasteiger partial charge in [0.25, 0.3) is 5.91 Å². The van der Waals surface area contributed by atoms with Crippen LogP contribution in [0.2, 0.25) is 0 Å². The van der Waals surface area contributed by atoms with Gasteiger partial charge in [-0.3, -0.25) is 4.79 Å². The first-order valence-electron chi connectivity index (χ1n) is 9.55. The molecule has 1 saturated heterocycles. The maximum Gasteiger partial charge on any atom is 0.253 e. The molecule has 146 valence electrons. The Hall–Kier alpha value is -3.09. The zero-order chi connectivity index (χ0) is 19.7. The van der Waals surface area contributed by atoms with Crippen molar-refractivity contribution in [1.29, 1.82) is 0 Å². The van der Waals surface area contributed by atoms with Crippen molar-refractivity contribution in [3.05, 3.63) is 54.0 Å². The van der Waals surface area contributed by atoms with Crippen LogP contribution in [0.25, 0.3) is 11.5 Å². The highest BCUT2D eigenvalue weighted by Gasteiger charge is 2.28. The van der Waals surface area contributed by atoms with E-state index < -0.39 is 0 Å². The fourth-order valence-corrected chi connectivity index (χ4v) is 3.61. The second-order valence-corrected chi connectivity index (χ2v) is 7.47. The topological polar surface area (TPSA) is 67.4 Å². The molecule has 7 nitrogen and oxygen atoms in total. The van der Waals surface area contributed by atoms with Crippen LogP contribution in [0.4, 0.5) is 5.69 Å². The van der Waals surface area contributed by atoms with Crippen LogP contribution in [0.5, 0.6) is 0 Å². The lowest BCUT2D eigenvalue weighted by Crippen LogP contribution is -2.38. The fraction of sp³-hybridized carbons (Fsp3) is 0.381. The number of carbonyl (C=O) groups excluding carboxylic acids is 1. The largest absolute Gasteiger partial charge is 0.378 e. The lowest BCUT2D eigenvalue weighted by Gasteiger charge is -2.30. The first-order chi connectivity index (χ1) is 13.5. The van der Waals surface area contributed by atoms with E-state index in [1.807, 2.05) is 78.1 Å². The zero-order valence-electron chi connectivity index (χ0n) is 16.5. The van der Waals surface area contributed by atoms with E-state index in [-0.39, 0.29) is 11.8 Å². The molecular weight excluding hydrogens is 354 g/mol. The minimum atomic E-state index is 0.0822. The van der Waals surface area contributed by atoms with Gasteiger partial charge >= 0.3 is 0 Å². The highest BCUT2D eigenvalue weighted by Crippen LogP contribution is 2.29. The summed E-state index contributed by atoms with van der Waals surface area (Å²) >= 11 is 0. The second-order valence-electron chi connectivity index (χ2n) is 7.47. The van der Waals surface area contributed by atoms with Gasteiger partial charge in [-0.25, -0.2) is 0 Å². The van der Waals surface area contributed by atoms with Gasteiger partial charge in [-0.15, -0.1) is 0 Å². The quantitative estimate of drug-likeness (QED) is 0.697. The summed E-state index contributed by atoms with van der Waals surface area (Å²) in [4.78, 5) is 21.3. The molecule has 2 aromatic heterocycles. The van der Waals surface area contributed by atoms with E-state index in [0.29, 0.717) is 24.8 Å². The summed E-state index contributed by atoms with van der Waals surface area (Å²) in [6.45, 7) is 1.39. The van der Waals surface area contributed by atoms with Gasteiger partial charge in [-0.2, -0.15) is 4.98 Å². The number of nitrogens with zero attached hydrogens (tertiary/aromatic N) is 5. The predicted octanol–water partition coefficient (Wildman–Crippen LogP) is 3.16. The van der Waals surface area contributed by atoms with E-state index in [0.717, 1.165) is 29.8 Å². The SMILES string of the molecule is CN(C)c1ccc(C(=O)N2CCC(c3nc(-c4cccn4C)no3)CC2)cc1. The number of rotatable bonds is 4. The number of hydrogen-bond acceptors (Lipinski definition) is 5. The van der Waals surface area contributed by atoms with Crippen LogP contribution in [0, 0.1) is 0 Å². The van der Waals surface area contributed by atoms with Crippen LogP contribution in [0.15, 0.2) is 47.1 Å². The van der Waals surface area contributed by atoms with Crippen LogP contribution in [-0.4, -0.2) is 52.7 Å². The molecule has 0 atom stereocenters. The van der Waals surface area contributed by atoms with Gasteiger partial charge in [0, 0.05) is 57.6 Å². The molecule has 0 bridgehead atoms. The Bertz CT molecular complexity index is 949. The van der Waals surface area contributed by atoms with Crippen molar-refractivity contribution in [3.8, 4) is 11.5 Å². The Morgan fingerprint density at radius 3 is 2.46 bits per heavy atom. The van der Waals surface area contributed by atoms with Crippen molar-refractivity contribution < 1.29 is 9.32 Å². The molecule has 1 aliphatic heterocycles. The van der Waals surface area contributed by atoms with Crippen LogP contribution in [0.3, 0.4) is 0 Å². The first kappa shape index (κ1) is 18.3. The Labute approximate surface area is 164 Å². The van der Waals surface area contributed by atoms with Crippen molar-refractivity contribution in [1.82, 2.24) is 19.6 Å². The van der Waals surface area contributed by atoms with E-state index in [9.17, 15) is 4.79 Å². The van der Waals surface area contributed by atoms with E-state index in [1.54, 1.807) is 0 Å². The van der Waals surface area contributed by atoms with E-state index >= 15 is 0 Å². The summed E-state index contributed by atoms with van der Waals surface area (Å²) in [5.41, 5.74) is 2.75. The van der Waals surface area contributed by atoms with Gasteiger partial charge in [0.1, 0.15) is 0 Å². The second kappa shape index (κ2) is 7.50. The number of aromatic nitrogens is 3. The molecule has 1 aromatic carbocycles. The predicted molar refractivity (Wildman–Crippen MR) is 107 cm³/mol. The van der Waals surface area contributed by atoms with Crippen molar-refractivity contribution in [2.75, 3.05) is 32.1 Å². The third kappa shape index (κ3) is 3.52. The Kier molecular flexibility index (Phi) is 4.90. The smallest absolute Gasteiger partial charge is 0.253 e. The third-order valence-corrected chi connectivity index (χ3v) is 5.38. The molecule has 4 rings (SSSR count). The van der Waals surface area contributed by atoms with Gasteiger partial charge in [0.15, 0.2) is 0 Å². The Morgan fingerprint density at radius 1 is 1.14 bits per heavy atom. The normalized spacial score (nSPS) is 15.0. The number of piperidine rings is 1. The molecule has 1 aliphatic rings. The maximum absolute atomic E-state index is 12.8. The first-order valence-corrected chi connectivity index (χ1v) is 9.55. The standard InChI is InChI=1S/C21H25N5O2/c1-24(2)17-8-6-16(7-9-17)21(27)26-13-10-15(11-14-26)20-22-19(23-28-20)18-5-4-12-25(18)3/h4-9,12,15H,10-11,13-14H2,1-3H3. The Morgan fingerprint density at radius 2 is 1.86 bits per heavy atom. The molecule has 3 aromatic rings. The third-order valence-electron chi connectivity index (χ3n) is 5.38. The van der Waals surface area contributed by atoms with E-state index in [2.05, 4.69) is 10.1 Å². The van der Waals surface area contributed by atoms with Gasteiger partial charge in [0.2, 0.25) is 11.7 Å². The number of likely N-dealkylation sites (tertiary alicyclic amines) is 1. The van der Waals surface area contributed by atoms with Crippen LogP contribution in [-0.2, 0) is 7.05 Å².